The summed E-state index contributed by atoms with van der Waals surface area (Å²) in [5.41, 5.74) is 1.69. The minimum atomic E-state index is -0.486. The lowest BCUT2D eigenvalue weighted by molar-refractivity contribution is -0.157. The van der Waals surface area contributed by atoms with Crippen LogP contribution in [0.1, 0.15) is 32.8 Å². The van der Waals surface area contributed by atoms with Crippen molar-refractivity contribution in [2.75, 3.05) is 0 Å². The number of rotatable bonds is 2. The monoisotopic (exact) mass is 230 g/mol. The van der Waals surface area contributed by atoms with Crippen LogP contribution in [-0.2, 0) is 9.53 Å². The van der Waals surface area contributed by atoms with E-state index in [-0.39, 0.29) is 11.9 Å². The molecular formula is C15H18O2. The molecule has 1 atom stereocenters. The minimum Gasteiger partial charge on any atom is -0.455 e. The van der Waals surface area contributed by atoms with Crippen LogP contribution in [0, 0.1) is 5.92 Å². The Kier molecular flexibility index (Phi) is 3.05. The molecule has 2 nitrogen and oxygen atoms in total. The summed E-state index contributed by atoms with van der Waals surface area (Å²) in [6.07, 6.45) is 2.46. The SMILES string of the molecule is CC(C)C1(C)C=C(c2ccccc2)CC(=O)O1. The molecule has 90 valence electrons. The molecule has 17 heavy (non-hydrogen) atoms. The Morgan fingerprint density at radius 1 is 1.24 bits per heavy atom. The fourth-order valence-electron chi connectivity index (χ4n) is 1.99. The second-order valence-electron chi connectivity index (χ2n) is 5.02. The van der Waals surface area contributed by atoms with E-state index in [1.54, 1.807) is 0 Å². The van der Waals surface area contributed by atoms with Crippen molar-refractivity contribution in [2.45, 2.75) is 32.8 Å². The van der Waals surface area contributed by atoms with Gasteiger partial charge in [-0.3, -0.25) is 4.79 Å². The average molecular weight is 230 g/mol. The Balaban J connectivity index is 2.40. The third-order valence-electron chi connectivity index (χ3n) is 3.42. The number of esters is 1. The number of benzene rings is 1. The molecule has 2 heteroatoms. The average Bonchev–Trinajstić information content (AvgIpc) is 2.29. The van der Waals surface area contributed by atoms with Gasteiger partial charge < -0.3 is 4.74 Å². The van der Waals surface area contributed by atoms with Crippen molar-refractivity contribution < 1.29 is 9.53 Å². The van der Waals surface area contributed by atoms with Crippen LogP contribution < -0.4 is 0 Å². The van der Waals surface area contributed by atoms with Crippen molar-refractivity contribution >= 4 is 11.5 Å². The molecule has 0 bridgehead atoms. The number of carbonyl (C=O) groups excluding carboxylic acids is 1. The van der Waals surface area contributed by atoms with E-state index in [9.17, 15) is 4.79 Å². The van der Waals surface area contributed by atoms with Crippen LogP contribution in [0.3, 0.4) is 0 Å². The minimum absolute atomic E-state index is 0.137. The predicted molar refractivity (Wildman–Crippen MR) is 68.4 cm³/mol. The third-order valence-corrected chi connectivity index (χ3v) is 3.42. The van der Waals surface area contributed by atoms with Gasteiger partial charge in [0.1, 0.15) is 5.60 Å². The smallest absolute Gasteiger partial charge is 0.311 e. The largest absolute Gasteiger partial charge is 0.455 e. The van der Waals surface area contributed by atoms with Crippen LogP contribution in [0.15, 0.2) is 36.4 Å². The van der Waals surface area contributed by atoms with Crippen molar-refractivity contribution in [3.05, 3.63) is 42.0 Å². The van der Waals surface area contributed by atoms with Gasteiger partial charge in [-0.05, 0) is 30.1 Å². The van der Waals surface area contributed by atoms with Gasteiger partial charge in [-0.2, -0.15) is 0 Å². The maximum absolute atomic E-state index is 11.7. The molecule has 2 rings (SSSR count). The molecule has 1 unspecified atom stereocenters. The van der Waals surface area contributed by atoms with Crippen LogP contribution in [0.2, 0.25) is 0 Å². The highest BCUT2D eigenvalue weighted by Gasteiger charge is 2.35. The Morgan fingerprint density at radius 3 is 2.47 bits per heavy atom. The summed E-state index contributed by atoms with van der Waals surface area (Å²) in [6.45, 7) is 6.10. The highest BCUT2D eigenvalue weighted by atomic mass is 16.6. The summed E-state index contributed by atoms with van der Waals surface area (Å²) in [6, 6.07) is 10.0. The van der Waals surface area contributed by atoms with Crippen LogP contribution in [0.25, 0.3) is 5.57 Å². The first-order chi connectivity index (χ1) is 8.01. The molecule has 0 amide bonds. The summed E-state index contributed by atoms with van der Waals surface area (Å²) < 4.78 is 5.47. The van der Waals surface area contributed by atoms with Gasteiger partial charge in [0.2, 0.25) is 0 Å². The van der Waals surface area contributed by atoms with E-state index in [4.69, 9.17) is 4.74 Å². The van der Waals surface area contributed by atoms with Crippen molar-refractivity contribution in [3.8, 4) is 0 Å². The van der Waals surface area contributed by atoms with Gasteiger partial charge in [0.05, 0.1) is 6.42 Å². The quantitative estimate of drug-likeness (QED) is 0.727. The second-order valence-corrected chi connectivity index (χ2v) is 5.02. The Bertz CT molecular complexity index is 445. The predicted octanol–water partition coefficient (Wildman–Crippen LogP) is 3.43. The number of hydrogen-bond acceptors (Lipinski definition) is 2. The number of hydrogen-bond donors (Lipinski definition) is 0. The summed E-state index contributed by atoms with van der Waals surface area (Å²) in [7, 11) is 0. The Labute approximate surface area is 102 Å². The van der Waals surface area contributed by atoms with Crippen LogP contribution in [0.5, 0.6) is 0 Å². The third kappa shape index (κ3) is 2.41. The van der Waals surface area contributed by atoms with Gasteiger partial charge >= 0.3 is 5.97 Å². The van der Waals surface area contributed by atoms with Gasteiger partial charge in [-0.15, -0.1) is 0 Å². The number of cyclic esters (lactones) is 1. The Hall–Kier alpha value is -1.57. The Morgan fingerprint density at radius 2 is 1.88 bits per heavy atom. The molecule has 0 fully saturated rings. The van der Waals surface area contributed by atoms with E-state index in [0.29, 0.717) is 6.42 Å². The second kappa shape index (κ2) is 4.36. The maximum atomic E-state index is 11.7. The fraction of sp³-hybridized carbons (Fsp3) is 0.400. The van der Waals surface area contributed by atoms with Crippen LogP contribution in [-0.4, -0.2) is 11.6 Å². The van der Waals surface area contributed by atoms with E-state index < -0.39 is 5.60 Å². The van der Waals surface area contributed by atoms with Gasteiger partial charge in [0.25, 0.3) is 0 Å². The molecule has 0 saturated carbocycles. The zero-order valence-corrected chi connectivity index (χ0v) is 10.6. The molecular weight excluding hydrogens is 212 g/mol. The first-order valence-electron chi connectivity index (χ1n) is 6.00. The molecule has 1 aliphatic heterocycles. The molecule has 1 aliphatic rings. The van der Waals surface area contributed by atoms with E-state index in [1.165, 1.54) is 0 Å². The van der Waals surface area contributed by atoms with Crippen LogP contribution >= 0.6 is 0 Å². The van der Waals surface area contributed by atoms with E-state index in [1.807, 2.05) is 37.3 Å². The zero-order chi connectivity index (χ0) is 12.5. The molecule has 0 spiro atoms. The highest BCUT2D eigenvalue weighted by molar-refractivity contribution is 5.88. The summed E-state index contributed by atoms with van der Waals surface area (Å²) >= 11 is 0. The molecule has 1 heterocycles. The first kappa shape index (κ1) is 11.9. The standard InChI is InChI=1S/C15H18O2/c1-11(2)15(3)10-13(9-14(16)17-15)12-7-5-4-6-8-12/h4-8,10-11H,9H2,1-3H3. The maximum Gasteiger partial charge on any atom is 0.311 e. The highest BCUT2D eigenvalue weighted by Crippen LogP contribution is 2.34. The molecule has 1 aromatic rings. The summed E-state index contributed by atoms with van der Waals surface area (Å²) in [5.74, 6) is 0.132. The lowest BCUT2D eigenvalue weighted by atomic mass is 9.85. The van der Waals surface area contributed by atoms with Crippen molar-refractivity contribution in [3.63, 3.8) is 0 Å². The van der Waals surface area contributed by atoms with Crippen molar-refractivity contribution in [1.82, 2.24) is 0 Å². The molecule has 0 aromatic heterocycles. The van der Waals surface area contributed by atoms with E-state index in [0.717, 1.165) is 11.1 Å². The van der Waals surface area contributed by atoms with E-state index >= 15 is 0 Å². The topological polar surface area (TPSA) is 26.3 Å². The molecule has 0 N–H and O–H groups in total. The zero-order valence-electron chi connectivity index (χ0n) is 10.6. The molecule has 1 aromatic carbocycles. The first-order valence-corrected chi connectivity index (χ1v) is 6.00. The lowest BCUT2D eigenvalue weighted by Crippen LogP contribution is -2.38. The van der Waals surface area contributed by atoms with Crippen molar-refractivity contribution in [1.29, 1.82) is 0 Å². The fourth-order valence-corrected chi connectivity index (χ4v) is 1.99. The summed E-state index contributed by atoms with van der Waals surface area (Å²) in [5, 5.41) is 0. The van der Waals surface area contributed by atoms with Gasteiger partial charge in [0.15, 0.2) is 0 Å². The van der Waals surface area contributed by atoms with Crippen LogP contribution in [0.4, 0.5) is 0 Å². The number of ether oxygens (including phenoxy) is 1. The van der Waals surface area contributed by atoms with Gasteiger partial charge in [0, 0.05) is 0 Å². The molecule has 0 radical (unpaired) electrons. The number of carbonyl (C=O) groups is 1. The van der Waals surface area contributed by atoms with Gasteiger partial charge in [-0.25, -0.2) is 0 Å². The lowest BCUT2D eigenvalue weighted by Gasteiger charge is -2.35. The van der Waals surface area contributed by atoms with E-state index in [2.05, 4.69) is 19.9 Å². The van der Waals surface area contributed by atoms with Crippen molar-refractivity contribution in [2.24, 2.45) is 5.92 Å². The summed E-state index contributed by atoms with van der Waals surface area (Å²) in [4.78, 5) is 11.7. The molecule has 0 aliphatic carbocycles. The van der Waals surface area contributed by atoms with Gasteiger partial charge in [-0.1, -0.05) is 44.2 Å². The normalized spacial score (nSPS) is 24.5. The molecule has 0 saturated heterocycles.